The molecule has 0 aliphatic carbocycles. The van der Waals surface area contributed by atoms with Crippen LogP contribution in [0.5, 0.6) is 0 Å². The second-order valence-electron chi connectivity index (χ2n) is 7.17. The van der Waals surface area contributed by atoms with Gasteiger partial charge in [-0.05, 0) is 42.8 Å². The van der Waals surface area contributed by atoms with E-state index in [0.29, 0.717) is 32.0 Å². The van der Waals surface area contributed by atoms with E-state index in [4.69, 9.17) is 34.8 Å². The predicted molar refractivity (Wildman–Crippen MR) is 125 cm³/mol. The zero-order chi connectivity index (χ0) is 23.0. The van der Waals surface area contributed by atoms with Crippen LogP contribution in [0.25, 0.3) is 0 Å². The molecule has 32 heavy (non-hydrogen) atoms. The molecular formula is C21H16Cl3N5O3. The van der Waals surface area contributed by atoms with Gasteiger partial charge in [-0.25, -0.2) is 0 Å². The fourth-order valence-corrected chi connectivity index (χ4v) is 4.08. The first kappa shape index (κ1) is 22.1. The molecule has 0 spiro atoms. The van der Waals surface area contributed by atoms with Gasteiger partial charge in [0, 0.05) is 32.9 Å². The summed E-state index contributed by atoms with van der Waals surface area (Å²) >= 11 is 18.1. The lowest BCUT2D eigenvalue weighted by Gasteiger charge is -2.24. The molecule has 0 bridgehead atoms. The Balaban J connectivity index is 1.66. The molecule has 0 radical (unpaired) electrons. The van der Waals surface area contributed by atoms with Crippen molar-refractivity contribution in [1.82, 2.24) is 9.97 Å². The largest absolute Gasteiger partial charge is 0.326 e. The average molecular weight is 493 g/mol. The highest BCUT2D eigenvalue weighted by Gasteiger charge is 2.35. The average Bonchev–Trinajstić information content (AvgIpc) is 2.69. The monoisotopic (exact) mass is 491 g/mol. The van der Waals surface area contributed by atoms with Crippen LogP contribution in [0.15, 0.2) is 41.2 Å². The number of anilines is 4. The summed E-state index contributed by atoms with van der Waals surface area (Å²) in [6.07, 6.45) is -0.195. The SMILES string of the molecule is Cc1c(Cl)cccc1NC(=O)C1CC(=O)Nc2nc(Nc3cc(Cl)cc(Cl)c3)[nH]c(=O)c21. The predicted octanol–water partition coefficient (Wildman–Crippen LogP) is 4.85. The van der Waals surface area contributed by atoms with Crippen LogP contribution in [0.2, 0.25) is 15.1 Å². The number of hydrogen-bond acceptors (Lipinski definition) is 5. The van der Waals surface area contributed by atoms with E-state index in [0.717, 1.165) is 0 Å². The van der Waals surface area contributed by atoms with Gasteiger partial charge in [-0.1, -0.05) is 40.9 Å². The molecule has 1 atom stereocenters. The molecule has 2 amide bonds. The summed E-state index contributed by atoms with van der Waals surface area (Å²) in [6.45, 7) is 1.76. The number of amides is 2. The summed E-state index contributed by atoms with van der Waals surface area (Å²) in [4.78, 5) is 45.0. The Morgan fingerprint density at radius 3 is 2.56 bits per heavy atom. The zero-order valence-electron chi connectivity index (χ0n) is 16.6. The van der Waals surface area contributed by atoms with Crippen LogP contribution in [0.3, 0.4) is 0 Å². The van der Waals surface area contributed by atoms with E-state index in [9.17, 15) is 14.4 Å². The van der Waals surface area contributed by atoms with Gasteiger partial charge >= 0.3 is 0 Å². The second-order valence-corrected chi connectivity index (χ2v) is 8.45. The van der Waals surface area contributed by atoms with Crippen LogP contribution in [0, 0.1) is 6.92 Å². The van der Waals surface area contributed by atoms with E-state index in [2.05, 4.69) is 25.9 Å². The van der Waals surface area contributed by atoms with Crippen molar-refractivity contribution in [2.24, 2.45) is 0 Å². The Labute approximate surface area is 197 Å². The van der Waals surface area contributed by atoms with Crippen molar-refractivity contribution in [3.05, 3.63) is 72.9 Å². The van der Waals surface area contributed by atoms with E-state index in [1.165, 1.54) is 0 Å². The third-order valence-corrected chi connectivity index (χ3v) is 5.76. The Hall–Kier alpha value is -3.07. The Kier molecular flexibility index (Phi) is 6.10. The smallest absolute Gasteiger partial charge is 0.258 e. The number of benzene rings is 2. The number of aromatic nitrogens is 2. The number of H-pyrrole nitrogens is 1. The summed E-state index contributed by atoms with van der Waals surface area (Å²) in [7, 11) is 0. The number of nitrogens with one attached hydrogen (secondary N) is 4. The highest BCUT2D eigenvalue weighted by Crippen LogP contribution is 2.32. The summed E-state index contributed by atoms with van der Waals surface area (Å²) < 4.78 is 0. The summed E-state index contributed by atoms with van der Waals surface area (Å²) in [5.41, 5.74) is 1.16. The topological polar surface area (TPSA) is 116 Å². The minimum absolute atomic E-state index is 0.00333. The summed E-state index contributed by atoms with van der Waals surface area (Å²) in [5, 5.41) is 9.46. The number of carbonyl (C=O) groups excluding carboxylic acids is 2. The molecule has 0 fully saturated rings. The minimum atomic E-state index is -1.02. The quantitative estimate of drug-likeness (QED) is 0.416. The van der Waals surface area contributed by atoms with Crippen LogP contribution in [0.1, 0.15) is 23.5 Å². The Morgan fingerprint density at radius 1 is 1.12 bits per heavy atom. The molecular weight excluding hydrogens is 477 g/mol. The molecule has 4 rings (SSSR count). The van der Waals surface area contributed by atoms with Crippen LogP contribution in [0.4, 0.5) is 23.1 Å². The van der Waals surface area contributed by atoms with E-state index in [1.807, 2.05) is 0 Å². The third kappa shape index (κ3) is 4.57. The molecule has 0 saturated carbocycles. The van der Waals surface area contributed by atoms with Gasteiger partial charge in [-0.2, -0.15) is 4.98 Å². The molecule has 0 saturated heterocycles. The third-order valence-electron chi connectivity index (χ3n) is 4.92. The number of nitrogens with zero attached hydrogens (tertiary/aromatic N) is 1. The van der Waals surface area contributed by atoms with Crippen molar-refractivity contribution in [2.75, 3.05) is 16.0 Å². The van der Waals surface area contributed by atoms with Crippen LogP contribution < -0.4 is 21.5 Å². The Bertz CT molecular complexity index is 1290. The van der Waals surface area contributed by atoms with Crippen molar-refractivity contribution < 1.29 is 9.59 Å². The number of carbonyl (C=O) groups is 2. The standard InChI is InChI=1S/C21H16Cl3N5O3/c1-9-14(24)3-2-4-15(9)26-19(31)13-8-16(30)27-18-17(13)20(32)29-21(28-18)25-12-6-10(22)5-11(23)7-12/h2-7,13H,8H2,1H3,(H,26,31)(H3,25,27,28,29,30,32). The van der Waals surface area contributed by atoms with Crippen molar-refractivity contribution in [3.8, 4) is 0 Å². The van der Waals surface area contributed by atoms with Crippen molar-refractivity contribution >= 4 is 69.8 Å². The number of fused-ring (bicyclic) bond motifs is 1. The van der Waals surface area contributed by atoms with E-state index in [1.54, 1.807) is 43.3 Å². The molecule has 1 aliphatic heterocycles. The van der Waals surface area contributed by atoms with Crippen LogP contribution in [-0.2, 0) is 9.59 Å². The van der Waals surface area contributed by atoms with Gasteiger partial charge < -0.3 is 16.0 Å². The van der Waals surface area contributed by atoms with E-state index < -0.39 is 23.3 Å². The molecule has 3 aromatic rings. The lowest BCUT2D eigenvalue weighted by atomic mass is 9.92. The van der Waals surface area contributed by atoms with E-state index in [-0.39, 0.29) is 23.8 Å². The number of rotatable bonds is 4. The Morgan fingerprint density at radius 2 is 1.84 bits per heavy atom. The molecule has 11 heteroatoms. The maximum Gasteiger partial charge on any atom is 0.258 e. The molecule has 1 aliphatic rings. The molecule has 4 N–H and O–H groups in total. The van der Waals surface area contributed by atoms with Crippen LogP contribution >= 0.6 is 34.8 Å². The van der Waals surface area contributed by atoms with Gasteiger partial charge in [0.25, 0.3) is 5.56 Å². The van der Waals surface area contributed by atoms with Gasteiger partial charge in [0.1, 0.15) is 5.82 Å². The minimum Gasteiger partial charge on any atom is -0.326 e. The van der Waals surface area contributed by atoms with Crippen LogP contribution in [-0.4, -0.2) is 21.8 Å². The maximum absolute atomic E-state index is 13.0. The van der Waals surface area contributed by atoms with Gasteiger partial charge in [0.2, 0.25) is 17.8 Å². The molecule has 2 aromatic carbocycles. The van der Waals surface area contributed by atoms with Crippen molar-refractivity contribution in [3.63, 3.8) is 0 Å². The number of aromatic amines is 1. The lowest BCUT2D eigenvalue weighted by molar-refractivity contribution is -0.123. The van der Waals surface area contributed by atoms with Gasteiger partial charge in [0.15, 0.2) is 0 Å². The second kappa shape index (κ2) is 8.82. The van der Waals surface area contributed by atoms with Crippen molar-refractivity contribution in [2.45, 2.75) is 19.3 Å². The first-order valence-electron chi connectivity index (χ1n) is 9.44. The summed E-state index contributed by atoms with van der Waals surface area (Å²) in [6, 6.07) is 9.83. The maximum atomic E-state index is 13.0. The molecule has 1 unspecified atom stereocenters. The molecule has 164 valence electrons. The fourth-order valence-electron chi connectivity index (χ4n) is 3.38. The molecule has 1 aromatic heterocycles. The lowest BCUT2D eigenvalue weighted by Crippen LogP contribution is -2.36. The summed E-state index contributed by atoms with van der Waals surface area (Å²) in [5.74, 6) is -1.91. The number of halogens is 3. The highest BCUT2D eigenvalue weighted by molar-refractivity contribution is 6.35. The zero-order valence-corrected chi connectivity index (χ0v) is 18.8. The first-order chi connectivity index (χ1) is 15.2. The normalized spacial score (nSPS) is 15.0. The van der Waals surface area contributed by atoms with Gasteiger partial charge in [-0.3, -0.25) is 19.4 Å². The molecule has 8 nitrogen and oxygen atoms in total. The van der Waals surface area contributed by atoms with Gasteiger partial charge in [-0.15, -0.1) is 0 Å². The highest BCUT2D eigenvalue weighted by atomic mass is 35.5. The van der Waals surface area contributed by atoms with Crippen molar-refractivity contribution in [1.29, 1.82) is 0 Å². The molecule has 2 heterocycles. The van der Waals surface area contributed by atoms with Gasteiger partial charge in [0.05, 0.1) is 11.5 Å². The number of hydrogen-bond donors (Lipinski definition) is 4. The fraction of sp³-hybridized carbons (Fsp3) is 0.143. The van der Waals surface area contributed by atoms with E-state index >= 15 is 0 Å². The first-order valence-corrected chi connectivity index (χ1v) is 10.6.